The molecule has 98 valence electrons. The molecule has 0 aliphatic heterocycles. The first-order valence-electron chi connectivity index (χ1n) is 5.79. The molecule has 0 bridgehead atoms. The van der Waals surface area contributed by atoms with Crippen LogP contribution in [0.15, 0.2) is 4.52 Å². The van der Waals surface area contributed by atoms with Crippen LogP contribution in [0.4, 0.5) is 0 Å². The van der Waals surface area contributed by atoms with Gasteiger partial charge in [-0.1, -0.05) is 12.1 Å². The Morgan fingerprint density at radius 3 is 2.59 bits per heavy atom. The SMILES string of the molecule is CCS(=O)(=O)CCCNCc1c(C)noc1C. The molecule has 0 aliphatic rings. The Bertz CT molecular complexity index is 432. The van der Waals surface area contributed by atoms with Crippen LogP contribution >= 0.6 is 0 Å². The van der Waals surface area contributed by atoms with Crippen LogP contribution in [0.2, 0.25) is 0 Å². The van der Waals surface area contributed by atoms with E-state index in [1.54, 1.807) is 6.92 Å². The van der Waals surface area contributed by atoms with Crippen molar-refractivity contribution in [1.29, 1.82) is 0 Å². The van der Waals surface area contributed by atoms with Crippen molar-refractivity contribution in [3.63, 3.8) is 0 Å². The minimum atomic E-state index is -2.84. The summed E-state index contributed by atoms with van der Waals surface area (Å²) in [6.07, 6.45) is 0.638. The average molecular weight is 260 g/mol. The molecule has 1 N–H and O–H groups in total. The largest absolute Gasteiger partial charge is 0.361 e. The van der Waals surface area contributed by atoms with Gasteiger partial charge < -0.3 is 9.84 Å². The number of hydrogen-bond donors (Lipinski definition) is 1. The molecule has 1 rings (SSSR count). The summed E-state index contributed by atoms with van der Waals surface area (Å²) in [5.41, 5.74) is 1.94. The molecule has 1 heterocycles. The van der Waals surface area contributed by atoms with Crippen LogP contribution in [0.25, 0.3) is 0 Å². The monoisotopic (exact) mass is 260 g/mol. The van der Waals surface area contributed by atoms with E-state index in [0.717, 1.165) is 17.0 Å². The maximum atomic E-state index is 11.2. The zero-order chi connectivity index (χ0) is 12.9. The van der Waals surface area contributed by atoms with Crippen LogP contribution in [0.5, 0.6) is 0 Å². The van der Waals surface area contributed by atoms with Gasteiger partial charge in [-0.3, -0.25) is 0 Å². The Morgan fingerprint density at radius 2 is 2.06 bits per heavy atom. The van der Waals surface area contributed by atoms with Gasteiger partial charge in [0.2, 0.25) is 0 Å². The summed E-state index contributed by atoms with van der Waals surface area (Å²) in [6, 6.07) is 0. The van der Waals surface area contributed by atoms with Crippen LogP contribution < -0.4 is 5.32 Å². The molecule has 0 radical (unpaired) electrons. The van der Waals surface area contributed by atoms with Crippen molar-refractivity contribution in [3.8, 4) is 0 Å². The maximum absolute atomic E-state index is 11.2. The van der Waals surface area contributed by atoms with E-state index in [1.807, 2.05) is 13.8 Å². The molecule has 0 aromatic carbocycles. The van der Waals surface area contributed by atoms with Crippen LogP contribution in [-0.2, 0) is 16.4 Å². The summed E-state index contributed by atoms with van der Waals surface area (Å²) in [4.78, 5) is 0. The van der Waals surface area contributed by atoms with Gasteiger partial charge in [-0.2, -0.15) is 0 Å². The van der Waals surface area contributed by atoms with E-state index in [-0.39, 0.29) is 11.5 Å². The lowest BCUT2D eigenvalue weighted by Gasteiger charge is -2.04. The third-order valence-electron chi connectivity index (χ3n) is 2.73. The molecule has 5 nitrogen and oxygen atoms in total. The van der Waals surface area contributed by atoms with Gasteiger partial charge in [0.15, 0.2) is 0 Å². The molecule has 0 saturated carbocycles. The van der Waals surface area contributed by atoms with Crippen molar-refractivity contribution in [2.24, 2.45) is 0 Å². The van der Waals surface area contributed by atoms with Gasteiger partial charge in [0.05, 0.1) is 11.4 Å². The first-order valence-corrected chi connectivity index (χ1v) is 7.61. The van der Waals surface area contributed by atoms with Crippen LogP contribution in [0, 0.1) is 13.8 Å². The molecular formula is C11H20N2O3S. The van der Waals surface area contributed by atoms with E-state index in [1.165, 1.54) is 0 Å². The zero-order valence-corrected chi connectivity index (χ0v) is 11.4. The van der Waals surface area contributed by atoms with Crippen LogP contribution in [-0.4, -0.2) is 31.6 Å². The van der Waals surface area contributed by atoms with Gasteiger partial charge in [0.1, 0.15) is 15.6 Å². The standard InChI is InChI=1S/C11H20N2O3S/c1-4-17(14,15)7-5-6-12-8-11-9(2)13-16-10(11)3/h12H,4-8H2,1-3H3. The Hall–Kier alpha value is -0.880. The average Bonchev–Trinajstić information content (AvgIpc) is 2.59. The van der Waals surface area contributed by atoms with Gasteiger partial charge in [-0.15, -0.1) is 0 Å². The minimum Gasteiger partial charge on any atom is -0.361 e. The molecule has 0 aliphatic carbocycles. The van der Waals surface area contributed by atoms with Crippen molar-refractivity contribution in [1.82, 2.24) is 10.5 Å². The molecule has 0 atom stereocenters. The van der Waals surface area contributed by atoms with Crippen molar-refractivity contribution in [2.75, 3.05) is 18.1 Å². The smallest absolute Gasteiger partial charge is 0.150 e. The third kappa shape index (κ3) is 4.47. The quantitative estimate of drug-likeness (QED) is 0.746. The molecule has 17 heavy (non-hydrogen) atoms. The van der Waals surface area contributed by atoms with E-state index >= 15 is 0 Å². The molecule has 0 spiro atoms. The normalized spacial score (nSPS) is 11.9. The summed E-state index contributed by atoms with van der Waals surface area (Å²) in [6.45, 7) is 6.80. The number of sulfone groups is 1. The fourth-order valence-electron chi connectivity index (χ4n) is 1.53. The van der Waals surface area contributed by atoms with E-state index in [9.17, 15) is 8.42 Å². The van der Waals surface area contributed by atoms with Gasteiger partial charge in [0.25, 0.3) is 0 Å². The van der Waals surface area contributed by atoms with Gasteiger partial charge in [0, 0.05) is 17.9 Å². The van der Waals surface area contributed by atoms with Gasteiger partial charge in [-0.05, 0) is 26.8 Å². The fourth-order valence-corrected chi connectivity index (χ4v) is 2.40. The van der Waals surface area contributed by atoms with E-state index in [0.29, 0.717) is 19.5 Å². The van der Waals surface area contributed by atoms with E-state index in [2.05, 4.69) is 10.5 Å². The fraction of sp³-hybridized carbons (Fsp3) is 0.727. The highest BCUT2D eigenvalue weighted by Gasteiger charge is 2.09. The molecule has 0 fully saturated rings. The Balaban J connectivity index is 2.26. The Morgan fingerprint density at radius 1 is 1.35 bits per heavy atom. The van der Waals surface area contributed by atoms with E-state index in [4.69, 9.17) is 4.52 Å². The highest BCUT2D eigenvalue weighted by atomic mass is 32.2. The number of hydrogen-bond acceptors (Lipinski definition) is 5. The van der Waals surface area contributed by atoms with E-state index < -0.39 is 9.84 Å². The summed E-state index contributed by atoms with van der Waals surface area (Å²) >= 11 is 0. The van der Waals surface area contributed by atoms with Crippen molar-refractivity contribution < 1.29 is 12.9 Å². The van der Waals surface area contributed by atoms with Gasteiger partial charge in [-0.25, -0.2) is 8.42 Å². The minimum absolute atomic E-state index is 0.219. The number of nitrogens with zero attached hydrogens (tertiary/aromatic N) is 1. The summed E-state index contributed by atoms with van der Waals surface area (Å²) < 4.78 is 27.5. The molecule has 0 saturated heterocycles. The van der Waals surface area contributed by atoms with Crippen molar-refractivity contribution in [2.45, 2.75) is 33.7 Å². The lowest BCUT2D eigenvalue weighted by molar-refractivity contribution is 0.392. The molecule has 0 amide bonds. The summed E-state index contributed by atoms with van der Waals surface area (Å²) in [5, 5.41) is 7.06. The molecular weight excluding hydrogens is 240 g/mol. The number of aryl methyl sites for hydroxylation is 2. The first-order chi connectivity index (χ1) is 7.96. The summed E-state index contributed by atoms with van der Waals surface area (Å²) in [7, 11) is -2.84. The topological polar surface area (TPSA) is 72.2 Å². The molecule has 1 aromatic heterocycles. The Kier molecular flexibility index (Phi) is 5.14. The maximum Gasteiger partial charge on any atom is 0.150 e. The lowest BCUT2D eigenvalue weighted by atomic mass is 10.2. The zero-order valence-electron chi connectivity index (χ0n) is 10.6. The molecule has 1 aromatic rings. The first kappa shape index (κ1) is 14.2. The van der Waals surface area contributed by atoms with Crippen LogP contribution in [0.1, 0.15) is 30.4 Å². The second kappa shape index (κ2) is 6.16. The predicted octanol–water partition coefficient (Wildman–Crippen LogP) is 1.21. The summed E-state index contributed by atoms with van der Waals surface area (Å²) in [5.74, 6) is 1.28. The highest BCUT2D eigenvalue weighted by molar-refractivity contribution is 7.91. The molecule has 6 heteroatoms. The number of aromatic nitrogens is 1. The molecule has 0 unspecified atom stereocenters. The van der Waals surface area contributed by atoms with Gasteiger partial charge >= 0.3 is 0 Å². The lowest BCUT2D eigenvalue weighted by Crippen LogP contribution is -2.19. The predicted molar refractivity (Wildman–Crippen MR) is 66.6 cm³/mol. The van der Waals surface area contributed by atoms with Crippen molar-refractivity contribution >= 4 is 9.84 Å². The van der Waals surface area contributed by atoms with Crippen molar-refractivity contribution in [3.05, 3.63) is 17.0 Å². The second-order valence-corrected chi connectivity index (χ2v) is 6.54. The second-order valence-electron chi connectivity index (χ2n) is 4.07. The number of rotatable bonds is 7. The van der Waals surface area contributed by atoms with Crippen LogP contribution in [0.3, 0.4) is 0 Å². The number of nitrogens with one attached hydrogen (secondary N) is 1. The Labute approximate surface area is 102 Å². The highest BCUT2D eigenvalue weighted by Crippen LogP contribution is 2.11. The third-order valence-corrected chi connectivity index (χ3v) is 4.52.